The molecule has 4 nitrogen and oxygen atoms in total. The Hall–Kier alpha value is -2.95. The lowest BCUT2D eigenvalue weighted by atomic mass is 9.96. The van der Waals surface area contributed by atoms with Gasteiger partial charge >= 0.3 is 0 Å². The van der Waals surface area contributed by atoms with Gasteiger partial charge in [0.15, 0.2) is 6.29 Å². The number of carbonyl (C=O) groups excluding carboxylic acids is 2. The van der Waals surface area contributed by atoms with Gasteiger partial charge in [-0.25, -0.2) is 4.39 Å². The highest BCUT2D eigenvalue weighted by Crippen LogP contribution is 2.32. The first-order chi connectivity index (χ1) is 13.0. The molecule has 1 unspecified atom stereocenters. The van der Waals surface area contributed by atoms with Crippen LogP contribution in [0.2, 0.25) is 0 Å². The van der Waals surface area contributed by atoms with Gasteiger partial charge in [-0.3, -0.25) is 9.59 Å². The van der Waals surface area contributed by atoms with Crippen LogP contribution in [0.5, 0.6) is 0 Å². The number of carbonyl (C=O) groups is 2. The van der Waals surface area contributed by atoms with E-state index in [9.17, 15) is 14.0 Å². The Kier molecular flexibility index (Phi) is 4.30. The van der Waals surface area contributed by atoms with Crippen molar-refractivity contribution in [3.05, 3.63) is 65.1 Å². The van der Waals surface area contributed by atoms with E-state index in [1.54, 1.807) is 11.0 Å². The molecule has 5 heteroatoms. The molecule has 1 aromatic heterocycles. The molecule has 3 aromatic rings. The van der Waals surface area contributed by atoms with E-state index in [-0.39, 0.29) is 24.3 Å². The van der Waals surface area contributed by atoms with Crippen molar-refractivity contribution in [2.24, 2.45) is 0 Å². The van der Waals surface area contributed by atoms with Gasteiger partial charge in [0.1, 0.15) is 12.4 Å². The molecule has 1 aliphatic heterocycles. The molecule has 0 aliphatic carbocycles. The number of halogens is 1. The fourth-order valence-corrected chi connectivity index (χ4v) is 4.12. The maximum atomic E-state index is 13.6. The number of benzene rings is 2. The highest BCUT2D eigenvalue weighted by Gasteiger charge is 2.29. The Labute approximate surface area is 157 Å². The molecule has 2 heterocycles. The minimum atomic E-state index is -0.279. The summed E-state index contributed by atoms with van der Waals surface area (Å²) in [6.07, 6.45) is 2.41. The van der Waals surface area contributed by atoms with Crippen LogP contribution in [0, 0.1) is 12.7 Å². The quantitative estimate of drug-likeness (QED) is 0.652. The number of anilines is 1. The third-order valence-corrected chi connectivity index (χ3v) is 5.53. The Morgan fingerprint density at radius 1 is 1.26 bits per heavy atom. The monoisotopic (exact) mass is 364 g/mol. The van der Waals surface area contributed by atoms with Gasteiger partial charge in [-0.2, -0.15) is 0 Å². The van der Waals surface area contributed by atoms with Crippen LogP contribution in [0.15, 0.2) is 42.5 Å². The zero-order chi connectivity index (χ0) is 19.1. The molecule has 27 heavy (non-hydrogen) atoms. The highest BCUT2D eigenvalue weighted by molar-refractivity contribution is 6.01. The smallest absolute Gasteiger partial charge is 0.247 e. The molecule has 0 radical (unpaired) electrons. The number of rotatable bonds is 3. The summed E-state index contributed by atoms with van der Waals surface area (Å²) in [6.45, 7) is 4.02. The molecular formula is C22H21FN2O2. The number of aromatic nitrogens is 1. The number of aryl methyl sites for hydroxylation is 1. The largest absolute Gasteiger partial charge is 0.335 e. The van der Waals surface area contributed by atoms with Crippen molar-refractivity contribution in [2.45, 2.75) is 39.3 Å². The summed E-state index contributed by atoms with van der Waals surface area (Å²) < 4.78 is 15.5. The highest BCUT2D eigenvalue weighted by atomic mass is 19.1. The van der Waals surface area contributed by atoms with Crippen molar-refractivity contribution in [1.82, 2.24) is 4.57 Å². The van der Waals surface area contributed by atoms with Gasteiger partial charge in [0, 0.05) is 33.9 Å². The maximum Gasteiger partial charge on any atom is 0.247 e. The maximum absolute atomic E-state index is 13.6. The lowest BCUT2D eigenvalue weighted by molar-refractivity contribution is -0.119. The van der Waals surface area contributed by atoms with E-state index in [4.69, 9.17) is 0 Å². The van der Waals surface area contributed by atoms with Crippen molar-refractivity contribution in [1.29, 1.82) is 0 Å². The second-order valence-corrected chi connectivity index (χ2v) is 7.14. The van der Waals surface area contributed by atoms with E-state index in [1.165, 1.54) is 12.1 Å². The molecule has 1 amide bonds. The predicted molar refractivity (Wildman–Crippen MR) is 104 cm³/mol. The second kappa shape index (κ2) is 6.65. The van der Waals surface area contributed by atoms with Gasteiger partial charge in [-0.15, -0.1) is 0 Å². The third kappa shape index (κ3) is 2.83. The van der Waals surface area contributed by atoms with Gasteiger partial charge in [0.25, 0.3) is 0 Å². The summed E-state index contributed by atoms with van der Waals surface area (Å²) >= 11 is 0. The summed E-state index contributed by atoms with van der Waals surface area (Å²) in [5, 5.41) is 0.854. The molecule has 0 N–H and O–H groups in total. The average molecular weight is 364 g/mol. The Balaban J connectivity index is 1.75. The molecule has 0 saturated heterocycles. The number of amides is 1. The number of nitrogens with zero attached hydrogens (tertiary/aromatic N) is 2. The minimum absolute atomic E-state index is 0.0446. The summed E-state index contributed by atoms with van der Waals surface area (Å²) in [7, 11) is 0. The normalized spacial score (nSPS) is 16.4. The van der Waals surface area contributed by atoms with Crippen LogP contribution in [-0.2, 0) is 17.8 Å². The average Bonchev–Trinajstić information content (AvgIpc) is 2.93. The molecule has 2 aromatic carbocycles. The van der Waals surface area contributed by atoms with E-state index >= 15 is 0 Å². The lowest BCUT2D eigenvalue weighted by Gasteiger charge is -2.35. The number of aldehydes is 1. The van der Waals surface area contributed by atoms with E-state index in [0.29, 0.717) is 5.56 Å². The molecular weight excluding hydrogens is 343 g/mol. The Morgan fingerprint density at radius 2 is 2.04 bits per heavy atom. The van der Waals surface area contributed by atoms with Gasteiger partial charge < -0.3 is 9.47 Å². The predicted octanol–water partition coefficient (Wildman–Crippen LogP) is 4.27. The van der Waals surface area contributed by atoms with Crippen molar-refractivity contribution < 1.29 is 14.0 Å². The lowest BCUT2D eigenvalue weighted by Crippen LogP contribution is -2.43. The van der Waals surface area contributed by atoms with Crippen molar-refractivity contribution in [3.63, 3.8) is 0 Å². The number of hydrogen-bond donors (Lipinski definition) is 0. The molecule has 0 bridgehead atoms. The Morgan fingerprint density at radius 3 is 2.81 bits per heavy atom. The van der Waals surface area contributed by atoms with Gasteiger partial charge in [0.05, 0.1) is 0 Å². The first kappa shape index (κ1) is 17.5. The van der Waals surface area contributed by atoms with Gasteiger partial charge in [0.2, 0.25) is 5.91 Å². The van der Waals surface area contributed by atoms with Gasteiger partial charge in [-0.1, -0.05) is 18.2 Å². The first-order valence-electron chi connectivity index (χ1n) is 9.14. The number of fused-ring (bicyclic) bond motifs is 2. The molecule has 0 spiro atoms. The van der Waals surface area contributed by atoms with E-state index in [0.717, 1.165) is 47.0 Å². The van der Waals surface area contributed by atoms with Crippen molar-refractivity contribution in [3.8, 4) is 0 Å². The number of hydrogen-bond acceptors (Lipinski definition) is 2. The summed E-state index contributed by atoms with van der Waals surface area (Å²) in [5.74, 6) is -0.338. The van der Waals surface area contributed by atoms with E-state index in [2.05, 4.69) is 0 Å². The fourth-order valence-electron chi connectivity index (χ4n) is 4.12. The zero-order valence-corrected chi connectivity index (χ0v) is 15.4. The van der Waals surface area contributed by atoms with E-state index in [1.807, 2.05) is 42.7 Å². The molecule has 138 valence electrons. The zero-order valence-electron chi connectivity index (χ0n) is 15.4. The number of para-hydroxylation sites is 1. The third-order valence-electron chi connectivity index (χ3n) is 5.53. The minimum Gasteiger partial charge on any atom is -0.335 e. The van der Waals surface area contributed by atoms with Crippen LogP contribution in [-0.4, -0.2) is 22.8 Å². The molecule has 0 saturated carbocycles. The van der Waals surface area contributed by atoms with Crippen LogP contribution in [0.3, 0.4) is 0 Å². The first-order valence-corrected chi connectivity index (χ1v) is 9.14. The van der Waals surface area contributed by atoms with Crippen LogP contribution in [0.1, 0.15) is 35.0 Å². The topological polar surface area (TPSA) is 42.3 Å². The standard InChI is InChI=1S/C22H21FN2O2/c1-14-7-8-16-11-17(23)9-10-20(16)25(14)22(27)12-24-15(2)19(13-26)18-5-3-4-6-21(18)24/h3-6,9-11,13-14H,7-8,12H2,1-2H3. The second-order valence-electron chi connectivity index (χ2n) is 7.14. The van der Waals surface area contributed by atoms with Crippen LogP contribution in [0.4, 0.5) is 10.1 Å². The fraction of sp³-hybridized carbons (Fsp3) is 0.273. The Bertz CT molecular complexity index is 1050. The summed E-state index contributed by atoms with van der Waals surface area (Å²) in [4.78, 5) is 26.6. The SMILES string of the molecule is Cc1c(C=O)c2ccccc2n1CC(=O)N1c2ccc(F)cc2CCC1C. The van der Waals surface area contributed by atoms with Gasteiger partial charge in [-0.05, 0) is 56.5 Å². The summed E-state index contributed by atoms with van der Waals surface area (Å²) in [6, 6.07) is 12.3. The van der Waals surface area contributed by atoms with Crippen LogP contribution in [0.25, 0.3) is 10.9 Å². The van der Waals surface area contributed by atoms with Crippen molar-refractivity contribution in [2.75, 3.05) is 4.90 Å². The molecule has 1 aliphatic rings. The summed E-state index contributed by atoms with van der Waals surface area (Å²) in [5.41, 5.74) is 3.92. The molecule has 1 atom stereocenters. The van der Waals surface area contributed by atoms with Crippen molar-refractivity contribution >= 4 is 28.8 Å². The van der Waals surface area contributed by atoms with Crippen LogP contribution < -0.4 is 4.90 Å². The molecule has 4 rings (SSSR count). The van der Waals surface area contributed by atoms with Crippen LogP contribution >= 0.6 is 0 Å². The molecule has 0 fully saturated rings. The van der Waals surface area contributed by atoms with E-state index < -0.39 is 0 Å².